The number of nitrogens with two attached hydrogens (primary N) is 1. The molecule has 0 aromatic carbocycles. The van der Waals surface area contributed by atoms with E-state index in [0.717, 1.165) is 18.6 Å². The molecule has 0 saturated carbocycles. The first-order valence-electron chi connectivity index (χ1n) is 6.87. The summed E-state index contributed by atoms with van der Waals surface area (Å²) in [5.41, 5.74) is 5.67. The molecule has 0 radical (unpaired) electrons. The number of hydrogen-bond donors (Lipinski definition) is 2. The summed E-state index contributed by atoms with van der Waals surface area (Å²) < 4.78 is 0. The van der Waals surface area contributed by atoms with Crippen LogP contribution in [0.5, 0.6) is 0 Å². The largest absolute Gasteiger partial charge is 0.382 e. The molecule has 3 heterocycles. The van der Waals surface area contributed by atoms with Gasteiger partial charge in [-0.1, -0.05) is 11.6 Å². The maximum Gasteiger partial charge on any atom is 0.150 e. The van der Waals surface area contributed by atoms with Crippen molar-refractivity contribution in [2.24, 2.45) is 5.92 Å². The van der Waals surface area contributed by atoms with E-state index in [2.05, 4.69) is 27.2 Å². The quantitative estimate of drug-likeness (QED) is 0.887. The van der Waals surface area contributed by atoms with Crippen molar-refractivity contribution in [1.29, 1.82) is 0 Å². The topological polar surface area (TPSA) is 67.1 Å². The molecule has 104 valence electrons. The summed E-state index contributed by atoms with van der Waals surface area (Å²) in [5.74, 6) is 1.68. The van der Waals surface area contributed by atoms with Crippen LogP contribution in [0.4, 0.5) is 11.6 Å². The van der Waals surface area contributed by atoms with Crippen molar-refractivity contribution in [2.45, 2.75) is 37.8 Å². The van der Waals surface area contributed by atoms with E-state index >= 15 is 0 Å². The molecule has 2 bridgehead atoms. The molecule has 0 amide bonds. The van der Waals surface area contributed by atoms with Gasteiger partial charge in [-0.25, -0.2) is 9.97 Å². The Bertz CT molecular complexity index is 452. The summed E-state index contributed by atoms with van der Waals surface area (Å²) in [5, 5.41) is 3.75. The summed E-state index contributed by atoms with van der Waals surface area (Å²) in [6.07, 6.45) is 6.66. The molecule has 2 aliphatic rings. The van der Waals surface area contributed by atoms with E-state index in [1.54, 1.807) is 0 Å². The van der Waals surface area contributed by atoms with Gasteiger partial charge in [-0.2, -0.15) is 0 Å². The fourth-order valence-corrected chi connectivity index (χ4v) is 3.60. The highest BCUT2D eigenvalue weighted by Gasteiger charge is 2.38. The lowest BCUT2D eigenvalue weighted by molar-refractivity contribution is 0.139. The monoisotopic (exact) mass is 281 g/mol. The van der Waals surface area contributed by atoms with E-state index < -0.39 is 0 Å². The molecule has 2 unspecified atom stereocenters. The van der Waals surface area contributed by atoms with Gasteiger partial charge in [-0.15, -0.1) is 0 Å². The van der Waals surface area contributed by atoms with Gasteiger partial charge >= 0.3 is 0 Å². The van der Waals surface area contributed by atoms with Gasteiger partial charge in [0.15, 0.2) is 0 Å². The number of anilines is 2. The molecule has 2 aliphatic heterocycles. The lowest BCUT2D eigenvalue weighted by Crippen LogP contribution is -2.41. The fraction of sp³-hybridized carbons (Fsp3) is 0.692. The maximum absolute atomic E-state index is 6.08. The zero-order valence-corrected chi connectivity index (χ0v) is 11.9. The van der Waals surface area contributed by atoms with Gasteiger partial charge in [0.05, 0.1) is 0 Å². The minimum absolute atomic E-state index is 0.336. The lowest BCUT2D eigenvalue weighted by Gasteiger charge is -2.36. The first-order chi connectivity index (χ1) is 9.15. The van der Waals surface area contributed by atoms with Gasteiger partial charge in [0.1, 0.15) is 23.0 Å². The Morgan fingerprint density at radius 3 is 2.74 bits per heavy atom. The summed E-state index contributed by atoms with van der Waals surface area (Å²) in [4.78, 5) is 10.6. The molecule has 0 spiro atoms. The molecule has 2 fully saturated rings. The molecule has 6 heteroatoms. The van der Waals surface area contributed by atoms with Gasteiger partial charge in [0, 0.05) is 18.6 Å². The Balaban J connectivity index is 1.60. The van der Waals surface area contributed by atoms with E-state index in [4.69, 9.17) is 17.3 Å². The highest BCUT2D eigenvalue weighted by molar-refractivity contribution is 6.35. The predicted octanol–water partition coefficient (Wildman–Crippen LogP) is 2.00. The van der Waals surface area contributed by atoms with Crippen molar-refractivity contribution >= 4 is 23.2 Å². The molecule has 2 atom stereocenters. The Hall–Kier alpha value is -1.07. The lowest BCUT2D eigenvalue weighted by atomic mass is 9.91. The molecule has 1 aromatic heterocycles. The standard InChI is InChI=1S/C13H20ClN5/c1-19-9-2-3-10(19)5-8(4-9)6-16-13-11(14)12(15)17-7-18-13/h7-10H,2-6H2,1H3,(H3,15,16,17,18). The number of piperidine rings is 1. The van der Waals surface area contributed by atoms with Crippen molar-refractivity contribution in [3.05, 3.63) is 11.3 Å². The van der Waals surface area contributed by atoms with Crippen LogP contribution in [0.2, 0.25) is 5.02 Å². The van der Waals surface area contributed by atoms with Crippen molar-refractivity contribution in [2.75, 3.05) is 24.6 Å². The minimum Gasteiger partial charge on any atom is -0.382 e. The van der Waals surface area contributed by atoms with Crippen LogP contribution in [0.25, 0.3) is 0 Å². The number of rotatable bonds is 3. The number of nitrogens with one attached hydrogen (secondary N) is 1. The first kappa shape index (κ1) is 12.9. The smallest absolute Gasteiger partial charge is 0.150 e. The van der Waals surface area contributed by atoms with Gasteiger partial charge < -0.3 is 16.0 Å². The zero-order chi connectivity index (χ0) is 13.4. The van der Waals surface area contributed by atoms with Crippen LogP contribution < -0.4 is 11.1 Å². The van der Waals surface area contributed by atoms with Crippen molar-refractivity contribution < 1.29 is 0 Å². The zero-order valence-electron chi connectivity index (χ0n) is 11.1. The highest BCUT2D eigenvalue weighted by Crippen LogP contribution is 2.37. The number of aromatic nitrogens is 2. The second kappa shape index (κ2) is 5.13. The maximum atomic E-state index is 6.08. The van der Waals surface area contributed by atoms with Crippen molar-refractivity contribution in [3.8, 4) is 0 Å². The van der Waals surface area contributed by atoms with E-state index in [0.29, 0.717) is 22.6 Å². The average Bonchev–Trinajstić information content (AvgIpc) is 2.64. The summed E-state index contributed by atoms with van der Waals surface area (Å²) >= 11 is 6.08. The molecular formula is C13H20ClN5. The molecule has 19 heavy (non-hydrogen) atoms. The van der Waals surface area contributed by atoms with Crippen LogP contribution in [0.15, 0.2) is 6.33 Å². The van der Waals surface area contributed by atoms with E-state index in [9.17, 15) is 0 Å². The van der Waals surface area contributed by atoms with Crippen LogP contribution in [-0.4, -0.2) is 40.5 Å². The summed E-state index contributed by atoms with van der Waals surface area (Å²) in [6, 6.07) is 1.52. The molecule has 2 saturated heterocycles. The van der Waals surface area contributed by atoms with Crippen LogP contribution in [0.1, 0.15) is 25.7 Å². The number of hydrogen-bond acceptors (Lipinski definition) is 5. The second-order valence-corrected chi connectivity index (χ2v) is 6.07. The first-order valence-corrected chi connectivity index (χ1v) is 7.24. The SMILES string of the molecule is CN1C2CCC1CC(CNc1ncnc(N)c1Cl)C2. The normalized spacial score (nSPS) is 30.5. The fourth-order valence-electron chi connectivity index (χ4n) is 3.44. The van der Waals surface area contributed by atoms with E-state index in [1.165, 1.54) is 32.0 Å². The van der Waals surface area contributed by atoms with Crippen LogP contribution in [0, 0.1) is 5.92 Å². The van der Waals surface area contributed by atoms with E-state index in [1.807, 2.05) is 0 Å². The molecule has 1 aromatic rings. The Morgan fingerprint density at radius 1 is 1.37 bits per heavy atom. The Kier molecular flexibility index (Phi) is 3.50. The summed E-state index contributed by atoms with van der Waals surface area (Å²) in [7, 11) is 2.26. The third kappa shape index (κ3) is 2.49. The molecule has 5 nitrogen and oxygen atoms in total. The molecule has 0 aliphatic carbocycles. The molecule has 3 N–H and O–H groups in total. The highest BCUT2D eigenvalue weighted by atomic mass is 35.5. The van der Waals surface area contributed by atoms with Gasteiger partial charge in [-0.3, -0.25) is 0 Å². The third-order valence-electron chi connectivity index (χ3n) is 4.57. The van der Waals surface area contributed by atoms with E-state index in [-0.39, 0.29) is 0 Å². The predicted molar refractivity (Wildman–Crippen MR) is 77.2 cm³/mol. The van der Waals surface area contributed by atoms with Crippen LogP contribution in [-0.2, 0) is 0 Å². The van der Waals surface area contributed by atoms with Crippen molar-refractivity contribution in [1.82, 2.24) is 14.9 Å². The Morgan fingerprint density at radius 2 is 2.05 bits per heavy atom. The second-order valence-electron chi connectivity index (χ2n) is 5.69. The van der Waals surface area contributed by atoms with Gasteiger partial charge in [0.25, 0.3) is 0 Å². The third-order valence-corrected chi connectivity index (χ3v) is 4.94. The van der Waals surface area contributed by atoms with Gasteiger partial charge in [0.2, 0.25) is 0 Å². The van der Waals surface area contributed by atoms with Crippen LogP contribution >= 0.6 is 11.6 Å². The number of nitrogens with zero attached hydrogens (tertiary/aromatic N) is 3. The Labute approximate surface area is 118 Å². The minimum atomic E-state index is 0.336. The number of fused-ring (bicyclic) bond motifs is 2. The molecular weight excluding hydrogens is 262 g/mol. The van der Waals surface area contributed by atoms with Crippen molar-refractivity contribution in [3.63, 3.8) is 0 Å². The van der Waals surface area contributed by atoms with Crippen LogP contribution in [0.3, 0.4) is 0 Å². The summed E-state index contributed by atoms with van der Waals surface area (Å²) in [6.45, 7) is 0.914. The van der Waals surface area contributed by atoms with Gasteiger partial charge in [-0.05, 0) is 38.6 Å². The average molecular weight is 282 g/mol. The number of halogens is 1. The molecule has 3 rings (SSSR count). The number of nitrogen functional groups attached to an aromatic ring is 1.